The van der Waals surface area contributed by atoms with Crippen LogP contribution in [0.3, 0.4) is 0 Å². The summed E-state index contributed by atoms with van der Waals surface area (Å²) in [5.74, 6) is 1.11. The van der Waals surface area contributed by atoms with Crippen LogP contribution in [0.4, 0.5) is 0 Å². The standard InChI is InChI=1S/C17H31N3O/c1-4-8-18-12-17-15(7-11-21-17)13-20-10-6-9-19(3)14-16(20)5-2/h7,11,16,18H,4-6,8-10,12-14H2,1-3H3. The largest absolute Gasteiger partial charge is 0.468 e. The van der Waals surface area contributed by atoms with Crippen LogP contribution in [0.15, 0.2) is 16.7 Å². The Hall–Kier alpha value is -0.840. The van der Waals surface area contributed by atoms with Gasteiger partial charge in [-0.05, 0) is 45.5 Å². The third kappa shape index (κ3) is 4.83. The number of nitrogens with one attached hydrogen (secondary N) is 1. The summed E-state index contributed by atoms with van der Waals surface area (Å²) < 4.78 is 5.67. The third-order valence-corrected chi connectivity index (χ3v) is 4.42. The normalized spacial score (nSPS) is 21.6. The summed E-state index contributed by atoms with van der Waals surface area (Å²) in [6.45, 7) is 11.0. The van der Waals surface area contributed by atoms with Crippen LogP contribution in [0.1, 0.15) is 44.4 Å². The van der Waals surface area contributed by atoms with Crippen LogP contribution in [0.5, 0.6) is 0 Å². The van der Waals surface area contributed by atoms with Gasteiger partial charge in [0.2, 0.25) is 0 Å². The Balaban J connectivity index is 1.97. The molecule has 1 aromatic rings. The van der Waals surface area contributed by atoms with E-state index in [0.29, 0.717) is 6.04 Å². The Bertz CT molecular complexity index is 404. The molecule has 1 aliphatic rings. The van der Waals surface area contributed by atoms with Crippen molar-refractivity contribution in [2.24, 2.45) is 0 Å². The topological polar surface area (TPSA) is 31.7 Å². The van der Waals surface area contributed by atoms with Crippen molar-refractivity contribution in [2.75, 3.05) is 33.2 Å². The average Bonchev–Trinajstić information content (AvgIpc) is 2.83. The molecule has 0 spiro atoms. The van der Waals surface area contributed by atoms with E-state index in [0.717, 1.165) is 31.8 Å². The maximum absolute atomic E-state index is 5.67. The third-order valence-electron chi connectivity index (χ3n) is 4.42. The first-order valence-electron chi connectivity index (χ1n) is 8.43. The number of hydrogen-bond donors (Lipinski definition) is 1. The van der Waals surface area contributed by atoms with Crippen LogP contribution < -0.4 is 5.32 Å². The Morgan fingerprint density at radius 1 is 1.33 bits per heavy atom. The van der Waals surface area contributed by atoms with Gasteiger partial charge in [-0.1, -0.05) is 13.8 Å². The summed E-state index contributed by atoms with van der Waals surface area (Å²) >= 11 is 0. The number of hydrogen-bond acceptors (Lipinski definition) is 4. The van der Waals surface area contributed by atoms with E-state index < -0.39 is 0 Å². The predicted molar refractivity (Wildman–Crippen MR) is 87.3 cm³/mol. The van der Waals surface area contributed by atoms with Gasteiger partial charge >= 0.3 is 0 Å². The first kappa shape index (κ1) is 16.5. The predicted octanol–water partition coefficient (Wildman–Crippen LogP) is 2.70. The highest BCUT2D eigenvalue weighted by atomic mass is 16.3. The van der Waals surface area contributed by atoms with E-state index in [1.165, 1.54) is 38.0 Å². The molecule has 1 N–H and O–H groups in total. The highest BCUT2D eigenvalue weighted by Crippen LogP contribution is 2.19. The van der Waals surface area contributed by atoms with Crippen molar-refractivity contribution in [3.8, 4) is 0 Å². The fourth-order valence-corrected chi connectivity index (χ4v) is 3.15. The first-order chi connectivity index (χ1) is 10.2. The minimum Gasteiger partial charge on any atom is -0.468 e. The smallest absolute Gasteiger partial charge is 0.122 e. The fraction of sp³-hybridized carbons (Fsp3) is 0.765. The van der Waals surface area contributed by atoms with Crippen LogP contribution in [-0.2, 0) is 13.1 Å². The lowest BCUT2D eigenvalue weighted by Crippen LogP contribution is -2.39. The SMILES string of the molecule is CCCNCc1occc1CN1CCCN(C)CC1CC. The molecule has 21 heavy (non-hydrogen) atoms. The molecule has 2 rings (SSSR count). The number of nitrogens with zero attached hydrogens (tertiary/aromatic N) is 2. The van der Waals surface area contributed by atoms with Crippen LogP contribution in [0.25, 0.3) is 0 Å². The van der Waals surface area contributed by atoms with Crippen molar-refractivity contribution < 1.29 is 4.42 Å². The number of rotatable bonds is 7. The number of furan rings is 1. The molecule has 0 amide bonds. The lowest BCUT2D eigenvalue weighted by molar-refractivity contribution is 0.175. The molecule has 2 heterocycles. The van der Waals surface area contributed by atoms with Gasteiger partial charge in [0, 0.05) is 31.2 Å². The van der Waals surface area contributed by atoms with Crippen molar-refractivity contribution in [3.05, 3.63) is 23.7 Å². The molecule has 0 aromatic carbocycles. The molecule has 1 fully saturated rings. The molecule has 1 atom stereocenters. The summed E-state index contributed by atoms with van der Waals surface area (Å²) in [7, 11) is 2.24. The van der Waals surface area contributed by atoms with E-state index in [4.69, 9.17) is 4.42 Å². The molecule has 1 saturated heterocycles. The zero-order chi connectivity index (χ0) is 15.1. The Morgan fingerprint density at radius 3 is 2.95 bits per heavy atom. The summed E-state index contributed by atoms with van der Waals surface area (Å²) in [5, 5.41) is 3.44. The monoisotopic (exact) mass is 293 g/mol. The van der Waals surface area contributed by atoms with Crippen LogP contribution in [0, 0.1) is 0 Å². The van der Waals surface area contributed by atoms with E-state index in [9.17, 15) is 0 Å². The van der Waals surface area contributed by atoms with Gasteiger partial charge in [-0.25, -0.2) is 0 Å². The van der Waals surface area contributed by atoms with E-state index in [-0.39, 0.29) is 0 Å². The Morgan fingerprint density at radius 2 is 2.19 bits per heavy atom. The van der Waals surface area contributed by atoms with Crippen LogP contribution in [-0.4, -0.2) is 49.1 Å². The average molecular weight is 293 g/mol. The minimum atomic E-state index is 0.656. The van der Waals surface area contributed by atoms with Crippen LogP contribution >= 0.6 is 0 Å². The van der Waals surface area contributed by atoms with E-state index >= 15 is 0 Å². The second kappa shape index (κ2) is 8.57. The molecule has 1 aromatic heterocycles. The molecular weight excluding hydrogens is 262 g/mol. The molecule has 1 unspecified atom stereocenters. The quantitative estimate of drug-likeness (QED) is 0.783. The summed E-state index contributed by atoms with van der Waals surface area (Å²) in [5.41, 5.74) is 1.35. The van der Waals surface area contributed by atoms with Gasteiger partial charge in [0.25, 0.3) is 0 Å². The van der Waals surface area contributed by atoms with E-state index in [2.05, 4.69) is 42.1 Å². The molecule has 0 radical (unpaired) electrons. The van der Waals surface area contributed by atoms with E-state index in [1.54, 1.807) is 0 Å². The second-order valence-corrected chi connectivity index (χ2v) is 6.19. The van der Waals surface area contributed by atoms with Crippen molar-refractivity contribution in [3.63, 3.8) is 0 Å². The van der Waals surface area contributed by atoms with Crippen molar-refractivity contribution in [2.45, 2.75) is 52.2 Å². The number of likely N-dealkylation sites (N-methyl/N-ethyl adjacent to an activating group) is 1. The van der Waals surface area contributed by atoms with Gasteiger partial charge in [0.05, 0.1) is 12.8 Å². The summed E-state index contributed by atoms with van der Waals surface area (Å²) in [4.78, 5) is 5.10. The summed E-state index contributed by atoms with van der Waals surface area (Å²) in [6.07, 6.45) is 5.47. The lowest BCUT2D eigenvalue weighted by atomic mass is 10.1. The second-order valence-electron chi connectivity index (χ2n) is 6.19. The Kier molecular flexibility index (Phi) is 6.74. The van der Waals surface area contributed by atoms with Gasteiger partial charge in [0.1, 0.15) is 5.76 Å². The molecule has 4 heteroatoms. The van der Waals surface area contributed by atoms with Crippen molar-refractivity contribution >= 4 is 0 Å². The lowest BCUT2D eigenvalue weighted by Gasteiger charge is -2.30. The van der Waals surface area contributed by atoms with Gasteiger partial charge in [0.15, 0.2) is 0 Å². The van der Waals surface area contributed by atoms with Crippen molar-refractivity contribution in [1.29, 1.82) is 0 Å². The molecule has 1 aliphatic heterocycles. The van der Waals surface area contributed by atoms with Gasteiger partial charge in [-0.3, -0.25) is 4.90 Å². The molecule has 120 valence electrons. The maximum Gasteiger partial charge on any atom is 0.122 e. The van der Waals surface area contributed by atoms with Gasteiger partial charge in [-0.15, -0.1) is 0 Å². The zero-order valence-electron chi connectivity index (χ0n) is 13.9. The molecule has 0 aliphatic carbocycles. The highest BCUT2D eigenvalue weighted by molar-refractivity contribution is 5.17. The van der Waals surface area contributed by atoms with Crippen LogP contribution in [0.2, 0.25) is 0 Å². The maximum atomic E-state index is 5.67. The highest BCUT2D eigenvalue weighted by Gasteiger charge is 2.23. The minimum absolute atomic E-state index is 0.656. The van der Waals surface area contributed by atoms with Crippen molar-refractivity contribution in [1.82, 2.24) is 15.1 Å². The Labute approximate surface area is 129 Å². The first-order valence-corrected chi connectivity index (χ1v) is 8.43. The van der Waals surface area contributed by atoms with E-state index in [1.807, 2.05) is 6.26 Å². The fourth-order valence-electron chi connectivity index (χ4n) is 3.15. The van der Waals surface area contributed by atoms with Gasteiger partial charge < -0.3 is 14.6 Å². The molecule has 4 nitrogen and oxygen atoms in total. The molecule has 0 saturated carbocycles. The molecule has 0 bridgehead atoms. The molecular formula is C17H31N3O. The van der Waals surface area contributed by atoms with Gasteiger partial charge in [-0.2, -0.15) is 0 Å². The summed E-state index contributed by atoms with van der Waals surface area (Å²) in [6, 6.07) is 2.80. The zero-order valence-corrected chi connectivity index (χ0v) is 13.9.